The number of rotatable bonds is 4. The molecule has 1 amide bonds. The molecule has 2 aromatic carbocycles. The first-order valence-electron chi connectivity index (χ1n) is 11.6. The summed E-state index contributed by atoms with van der Waals surface area (Å²) < 4.78 is 1.81. The molecule has 2 aromatic heterocycles. The Hall–Kier alpha value is -3.67. The van der Waals surface area contributed by atoms with Gasteiger partial charge in [0.15, 0.2) is 5.65 Å². The molecular formula is C27H29N5O. The zero-order valence-electron chi connectivity index (χ0n) is 19.4. The molecule has 168 valence electrons. The third-order valence-corrected chi connectivity index (χ3v) is 6.46. The van der Waals surface area contributed by atoms with Crippen molar-refractivity contribution in [1.82, 2.24) is 14.8 Å². The first-order valence-corrected chi connectivity index (χ1v) is 11.6. The Kier molecular flexibility index (Phi) is 5.58. The maximum absolute atomic E-state index is 13.3. The second kappa shape index (κ2) is 8.70. The van der Waals surface area contributed by atoms with E-state index in [0.29, 0.717) is 11.2 Å². The lowest BCUT2D eigenvalue weighted by Crippen LogP contribution is -2.32. The number of piperidine rings is 1. The zero-order chi connectivity index (χ0) is 22.9. The van der Waals surface area contributed by atoms with Crippen LogP contribution in [0.25, 0.3) is 16.7 Å². The lowest BCUT2D eigenvalue weighted by molar-refractivity contribution is 0.102. The summed E-state index contributed by atoms with van der Waals surface area (Å²) in [6.45, 7) is 8.32. The summed E-state index contributed by atoms with van der Waals surface area (Å²) in [6.07, 6.45) is 2.46. The van der Waals surface area contributed by atoms with E-state index in [1.807, 2.05) is 67.1 Å². The van der Waals surface area contributed by atoms with Gasteiger partial charge in [-0.3, -0.25) is 4.79 Å². The Labute approximate surface area is 194 Å². The molecule has 0 unspecified atom stereocenters. The topological polar surface area (TPSA) is 63.1 Å². The fourth-order valence-corrected chi connectivity index (χ4v) is 4.56. The molecule has 6 heteroatoms. The number of aromatic nitrogens is 3. The normalized spacial score (nSPS) is 14.6. The molecular weight excluding hydrogens is 410 g/mol. The van der Waals surface area contributed by atoms with E-state index < -0.39 is 0 Å². The smallest absolute Gasteiger partial charge is 0.256 e. The van der Waals surface area contributed by atoms with E-state index in [1.54, 1.807) is 0 Å². The van der Waals surface area contributed by atoms with Crippen molar-refractivity contribution in [3.8, 4) is 5.69 Å². The highest BCUT2D eigenvalue weighted by molar-refractivity contribution is 6.12. The van der Waals surface area contributed by atoms with Crippen LogP contribution in [0.3, 0.4) is 0 Å². The quantitative estimate of drug-likeness (QED) is 0.454. The molecule has 0 spiro atoms. The molecule has 0 bridgehead atoms. The summed E-state index contributed by atoms with van der Waals surface area (Å²) in [7, 11) is 0. The van der Waals surface area contributed by atoms with E-state index in [1.165, 1.54) is 18.5 Å². The molecule has 1 aliphatic rings. The summed E-state index contributed by atoms with van der Waals surface area (Å²) in [5, 5.41) is 8.54. The van der Waals surface area contributed by atoms with Crippen LogP contribution >= 0.6 is 0 Å². The Morgan fingerprint density at radius 1 is 0.970 bits per heavy atom. The summed E-state index contributed by atoms with van der Waals surface area (Å²) in [6, 6.07) is 19.9. The van der Waals surface area contributed by atoms with Crippen LogP contribution in [0.4, 0.5) is 11.4 Å². The Morgan fingerprint density at radius 3 is 2.36 bits per heavy atom. The summed E-state index contributed by atoms with van der Waals surface area (Å²) in [4.78, 5) is 20.4. The molecule has 1 fully saturated rings. The number of hydrogen-bond acceptors (Lipinski definition) is 4. The molecule has 1 saturated heterocycles. The number of fused-ring (bicyclic) bond motifs is 1. The number of aryl methyl sites for hydroxylation is 2. The number of carbonyl (C=O) groups excluding carboxylic acids is 1. The van der Waals surface area contributed by atoms with Gasteiger partial charge in [-0.25, -0.2) is 9.67 Å². The Balaban J connectivity index is 1.42. The van der Waals surface area contributed by atoms with Crippen LogP contribution in [-0.4, -0.2) is 33.8 Å². The van der Waals surface area contributed by atoms with Crippen molar-refractivity contribution in [3.05, 3.63) is 77.6 Å². The van der Waals surface area contributed by atoms with Crippen LogP contribution in [-0.2, 0) is 0 Å². The van der Waals surface area contributed by atoms with Gasteiger partial charge in [0, 0.05) is 30.2 Å². The van der Waals surface area contributed by atoms with E-state index in [0.717, 1.165) is 47.2 Å². The van der Waals surface area contributed by atoms with Crippen LogP contribution in [0.15, 0.2) is 60.7 Å². The number of carbonyl (C=O) groups is 1. The van der Waals surface area contributed by atoms with Gasteiger partial charge in [0.1, 0.15) is 0 Å². The van der Waals surface area contributed by atoms with E-state index in [9.17, 15) is 4.79 Å². The monoisotopic (exact) mass is 439 g/mol. The van der Waals surface area contributed by atoms with E-state index >= 15 is 0 Å². The largest absolute Gasteiger partial charge is 0.372 e. The van der Waals surface area contributed by atoms with Crippen molar-refractivity contribution in [3.63, 3.8) is 0 Å². The van der Waals surface area contributed by atoms with Crippen molar-refractivity contribution < 1.29 is 4.79 Å². The molecule has 4 aromatic rings. The van der Waals surface area contributed by atoms with Gasteiger partial charge in [0.05, 0.1) is 22.3 Å². The average molecular weight is 440 g/mol. The van der Waals surface area contributed by atoms with Gasteiger partial charge in [-0.15, -0.1) is 0 Å². The van der Waals surface area contributed by atoms with Crippen molar-refractivity contribution in [2.45, 2.75) is 33.6 Å². The van der Waals surface area contributed by atoms with Crippen molar-refractivity contribution in [2.75, 3.05) is 23.3 Å². The standard InChI is InChI=1S/C27H29N5O/c1-18-13-15-31(16-14-18)22-11-9-21(10-12-22)29-27(33)24-17-19(2)28-26-25(24)20(3)30-32(26)23-7-5-4-6-8-23/h4-12,17-18H,13-16H2,1-3H3,(H,29,33). The molecule has 0 saturated carbocycles. The summed E-state index contributed by atoms with van der Waals surface area (Å²) in [5.74, 6) is 0.649. The number of anilines is 2. The fraction of sp³-hybridized carbons (Fsp3) is 0.296. The van der Waals surface area contributed by atoms with Gasteiger partial charge in [-0.05, 0) is 75.1 Å². The fourth-order valence-electron chi connectivity index (χ4n) is 4.56. The minimum Gasteiger partial charge on any atom is -0.372 e. The lowest BCUT2D eigenvalue weighted by atomic mass is 9.99. The van der Waals surface area contributed by atoms with Crippen molar-refractivity contribution in [1.29, 1.82) is 0 Å². The molecule has 0 aliphatic carbocycles. The number of benzene rings is 2. The second-order valence-electron chi connectivity index (χ2n) is 9.01. The molecule has 1 N–H and O–H groups in total. The van der Waals surface area contributed by atoms with Crippen LogP contribution in [0.2, 0.25) is 0 Å². The Bertz CT molecular complexity index is 1290. The first kappa shape index (κ1) is 21.2. The zero-order valence-corrected chi connectivity index (χ0v) is 19.4. The molecule has 0 radical (unpaired) electrons. The molecule has 0 atom stereocenters. The Morgan fingerprint density at radius 2 is 1.67 bits per heavy atom. The van der Waals surface area contributed by atoms with E-state index in [-0.39, 0.29) is 5.91 Å². The number of nitrogens with one attached hydrogen (secondary N) is 1. The molecule has 3 heterocycles. The maximum Gasteiger partial charge on any atom is 0.256 e. The number of nitrogens with zero attached hydrogens (tertiary/aromatic N) is 4. The van der Waals surface area contributed by atoms with Gasteiger partial charge in [-0.1, -0.05) is 25.1 Å². The van der Waals surface area contributed by atoms with Crippen molar-refractivity contribution >= 4 is 28.3 Å². The predicted molar refractivity (Wildman–Crippen MR) is 133 cm³/mol. The third-order valence-electron chi connectivity index (χ3n) is 6.46. The van der Waals surface area contributed by atoms with E-state index in [2.05, 4.69) is 34.4 Å². The molecule has 6 nitrogen and oxygen atoms in total. The van der Waals surface area contributed by atoms with Gasteiger partial charge in [0.25, 0.3) is 5.91 Å². The van der Waals surface area contributed by atoms with Crippen LogP contribution in [0.1, 0.15) is 41.5 Å². The van der Waals surface area contributed by atoms with Gasteiger partial charge >= 0.3 is 0 Å². The molecule has 1 aliphatic heterocycles. The molecule has 33 heavy (non-hydrogen) atoms. The van der Waals surface area contributed by atoms with Crippen LogP contribution in [0, 0.1) is 19.8 Å². The minimum absolute atomic E-state index is 0.152. The predicted octanol–water partition coefficient (Wildman–Crippen LogP) is 5.53. The van der Waals surface area contributed by atoms with Crippen molar-refractivity contribution in [2.24, 2.45) is 5.92 Å². The first-order chi connectivity index (χ1) is 16.0. The van der Waals surface area contributed by atoms with E-state index in [4.69, 9.17) is 4.98 Å². The molecule has 5 rings (SSSR count). The van der Waals surface area contributed by atoms with Gasteiger partial charge < -0.3 is 10.2 Å². The summed E-state index contributed by atoms with van der Waals surface area (Å²) >= 11 is 0. The van der Waals surface area contributed by atoms with Gasteiger partial charge in [-0.2, -0.15) is 5.10 Å². The second-order valence-corrected chi connectivity index (χ2v) is 9.01. The minimum atomic E-state index is -0.152. The highest BCUT2D eigenvalue weighted by Gasteiger charge is 2.20. The maximum atomic E-state index is 13.3. The van der Waals surface area contributed by atoms with Crippen LogP contribution < -0.4 is 10.2 Å². The SMILES string of the molecule is Cc1cc(C(=O)Nc2ccc(N3CCC(C)CC3)cc2)c2c(C)nn(-c3ccccc3)c2n1. The third kappa shape index (κ3) is 4.21. The number of hydrogen-bond donors (Lipinski definition) is 1. The average Bonchev–Trinajstić information content (AvgIpc) is 3.16. The van der Waals surface area contributed by atoms with Gasteiger partial charge in [0.2, 0.25) is 0 Å². The number of amides is 1. The lowest BCUT2D eigenvalue weighted by Gasteiger charge is -2.32. The van der Waals surface area contributed by atoms with Crippen LogP contribution in [0.5, 0.6) is 0 Å². The highest BCUT2D eigenvalue weighted by Crippen LogP contribution is 2.27. The highest BCUT2D eigenvalue weighted by atomic mass is 16.1. The summed E-state index contributed by atoms with van der Waals surface area (Å²) in [5.41, 5.74) is 5.75. The number of pyridine rings is 1. The number of para-hydroxylation sites is 1.